The summed E-state index contributed by atoms with van der Waals surface area (Å²) < 4.78 is 31.7. The second-order valence-electron chi connectivity index (χ2n) is 12.5. The Hall–Kier alpha value is -3.67. The minimum atomic E-state index is -1.78. The van der Waals surface area contributed by atoms with Gasteiger partial charge in [0, 0.05) is 6.04 Å². The number of fused-ring (bicyclic) bond motifs is 1. The third kappa shape index (κ3) is 5.32. The second kappa shape index (κ2) is 12.5. The van der Waals surface area contributed by atoms with Crippen LogP contribution in [0.1, 0.15) is 54.6 Å². The summed E-state index contributed by atoms with van der Waals surface area (Å²) in [5.74, 6) is -0.922. The van der Waals surface area contributed by atoms with E-state index in [2.05, 4.69) is 140 Å². The summed E-state index contributed by atoms with van der Waals surface area (Å²) in [5, 5.41) is 0. The monoisotopic (exact) mass is 629 g/mol. The molecule has 5 nitrogen and oxygen atoms in total. The quantitative estimate of drug-likeness (QED) is 0.168. The fourth-order valence-corrected chi connectivity index (χ4v) is 8.72. The molecule has 234 valence electrons. The van der Waals surface area contributed by atoms with Gasteiger partial charge < -0.3 is 18.5 Å². The van der Waals surface area contributed by atoms with Crippen molar-refractivity contribution >= 4 is 8.53 Å². The summed E-state index contributed by atoms with van der Waals surface area (Å²) in [5.41, 5.74) is 2.92. The number of rotatable bonds is 7. The van der Waals surface area contributed by atoms with Crippen molar-refractivity contribution < 1.29 is 18.5 Å². The minimum absolute atomic E-state index is 0.0166. The van der Waals surface area contributed by atoms with Crippen molar-refractivity contribution in [2.45, 2.75) is 56.0 Å². The van der Waals surface area contributed by atoms with E-state index in [0.717, 1.165) is 22.3 Å². The average Bonchev–Trinajstić information content (AvgIpc) is 3.39. The van der Waals surface area contributed by atoms with Crippen LogP contribution in [0.2, 0.25) is 0 Å². The van der Waals surface area contributed by atoms with Gasteiger partial charge in [-0.1, -0.05) is 152 Å². The first-order valence-electron chi connectivity index (χ1n) is 15.9. The number of hydrogen-bond acceptors (Lipinski definition) is 5. The molecule has 2 aliphatic rings. The Balaban J connectivity index is 1.55. The fourth-order valence-electron chi connectivity index (χ4n) is 6.89. The van der Waals surface area contributed by atoms with Crippen LogP contribution >= 0.6 is 8.53 Å². The van der Waals surface area contributed by atoms with Crippen LogP contribution in [0.25, 0.3) is 0 Å². The van der Waals surface area contributed by atoms with Gasteiger partial charge in [-0.2, -0.15) is 0 Å². The molecule has 0 aliphatic carbocycles. The van der Waals surface area contributed by atoms with Crippen molar-refractivity contribution in [1.82, 2.24) is 4.67 Å². The van der Waals surface area contributed by atoms with Crippen molar-refractivity contribution in [1.29, 1.82) is 0 Å². The van der Waals surface area contributed by atoms with E-state index < -0.39 is 37.7 Å². The molecule has 46 heavy (non-hydrogen) atoms. The zero-order valence-electron chi connectivity index (χ0n) is 26.7. The highest BCUT2D eigenvalue weighted by Crippen LogP contribution is 2.66. The van der Waals surface area contributed by atoms with Crippen molar-refractivity contribution in [2.24, 2.45) is 0 Å². The van der Waals surface area contributed by atoms with Gasteiger partial charge in [0.2, 0.25) is 0 Å². The molecule has 0 spiro atoms. The highest BCUT2D eigenvalue weighted by molar-refractivity contribution is 7.44. The van der Waals surface area contributed by atoms with E-state index in [4.69, 9.17) is 18.5 Å². The fraction of sp³-hybridized carbons (Fsp3) is 0.250. The molecular weight excluding hydrogens is 589 g/mol. The SMILES string of the molecule is C[C@H](c1ccccc1)N(C)P1OC(c2ccccc2)(c2ccccc2)[C@@H]2OC(C)(C)O[C@H]2C(c2ccccc2)(c2ccccc2)O1. The Kier molecular flexibility index (Phi) is 8.41. The van der Waals surface area contributed by atoms with Crippen LogP contribution in [0.3, 0.4) is 0 Å². The van der Waals surface area contributed by atoms with E-state index in [1.54, 1.807) is 0 Å². The van der Waals surface area contributed by atoms with E-state index in [-0.39, 0.29) is 6.04 Å². The highest BCUT2D eigenvalue weighted by atomic mass is 31.2. The van der Waals surface area contributed by atoms with Crippen molar-refractivity contribution in [2.75, 3.05) is 7.05 Å². The lowest BCUT2D eigenvalue weighted by Gasteiger charge is -2.42. The molecule has 0 unspecified atom stereocenters. The first kappa shape index (κ1) is 31.0. The van der Waals surface area contributed by atoms with Gasteiger partial charge in [0.25, 0.3) is 8.53 Å². The highest BCUT2D eigenvalue weighted by Gasteiger charge is 2.67. The van der Waals surface area contributed by atoms with Gasteiger partial charge in [-0.05, 0) is 55.6 Å². The largest absolute Gasteiger partial charge is 0.341 e. The zero-order valence-corrected chi connectivity index (χ0v) is 27.6. The number of nitrogens with zero attached hydrogens (tertiary/aromatic N) is 1. The summed E-state index contributed by atoms with van der Waals surface area (Å²) in [6.45, 7) is 6.16. The van der Waals surface area contributed by atoms with E-state index in [0.29, 0.717) is 0 Å². The molecule has 0 bridgehead atoms. The lowest BCUT2D eigenvalue weighted by Crippen LogP contribution is -2.53. The smallest absolute Gasteiger partial charge is 0.261 e. The Morgan fingerprint density at radius 2 is 0.826 bits per heavy atom. The third-order valence-electron chi connectivity index (χ3n) is 9.25. The zero-order chi connectivity index (χ0) is 31.8. The van der Waals surface area contributed by atoms with Gasteiger partial charge >= 0.3 is 0 Å². The Morgan fingerprint density at radius 1 is 0.522 bits per heavy atom. The van der Waals surface area contributed by atoms with Gasteiger partial charge in [-0.25, -0.2) is 4.67 Å². The lowest BCUT2D eigenvalue weighted by atomic mass is 9.72. The standard InChI is InChI=1S/C40H40NO4P/c1-30(31-20-10-5-11-21-31)41(4)46-44-39(32-22-12-6-13-23-32,33-24-14-7-15-25-33)36-37(43-38(2,3)42-36)40(45-46,34-26-16-8-17-27-34)35-28-18-9-19-29-35/h5-30,36-37H,1-4H3/t30-,36-,37-/m1/s1. The van der Waals surface area contributed by atoms with Crippen LogP contribution in [0.5, 0.6) is 0 Å². The summed E-state index contributed by atoms with van der Waals surface area (Å²) >= 11 is 0. The summed E-state index contributed by atoms with van der Waals surface area (Å²) in [4.78, 5) is 0. The predicted octanol–water partition coefficient (Wildman–Crippen LogP) is 9.36. The normalized spacial score (nSPS) is 22.5. The Labute approximate surface area is 273 Å². The maximum absolute atomic E-state index is 7.64. The topological polar surface area (TPSA) is 40.2 Å². The van der Waals surface area contributed by atoms with Gasteiger partial charge in [-0.15, -0.1) is 0 Å². The molecule has 2 saturated heterocycles. The van der Waals surface area contributed by atoms with Crippen LogP contribution in [0, 0.1) is 0 Å². The molecular formula is C40H40NO4P. The molecule has 2 heterocycles. The van der Waals surface area contributed by atoms with Crippen LogP contribution in [-0.2, 0) is 29.7 Å². The van der Waals surface area contributed by atoms with E-state index in [1.165, 1.54) is 5.56 Å². The first-order chi connectivity index (χ1) is 22.3. The number of hydrogen-bond donors (Lipinski definition) is 0. The second-order valence-corrected chi connectivity index (χ2v) is 14.0. The molecule has 0 N–H and O–H groups in total. The van der Waals surface area contributed by atoms with Gasteiger partial charge in [-0.3, -0.25) is 0 Å². The molecule has 5 aromatic rings. The number of ether oxygens (including phenoxy) is 2. The summed E-state index contributed by atoms with van der Waals surface area (Å²) in [7, 11) is 0.319. The molecule has 5 aromatic carbocycles. The van der Waals surface area contributed by atoms with Gasteiger partial charge in [0.05, 0.1) is 0 Å². The lowest BCUT2D eigenvalue weighted by molar-refractivity contribution is -0.175. The molecule has 3 atom stereocenters. The molecule has 0 radical (unpaired) electrons. The van der Waals surface area contributed by atoms with E-state index >= 15 is 0 Å². The molecule has 2 fully saturated rings. The van der Waals surface area contributed by atoms with Gasteiger partial charge in [0.1, 0.15) is 12.2 Å². The molecule has 0 aromatic heterocycles. The average molecular weight is 630 g/mol. The van der Waals surface area contributed by atoms with Crippen molar-refractivity contribution in [3.05, 3.63) is 179 Å². The number of benzene rings is 5. The van der Waals surface area contributed by atoms with Crippen LogP contribution in [-0.4, -0.2) is 29.7 Å². The Morgan fingerprint density at radius 3 is 1.15 bits per heavy atom. The van der Waals surface area contributed by atoms with E-state index in [1.807, 2.05) is 44.2 Å². The van der Waals surface area contributed by atoms with Gasteiger partial charge in [0.15, 0.2) is 17.0 Å². The maximum atomic E-state index is 7.64. The predicted molar refractivity (Wildman–Crippen MR) is 183 cm³/mol. The van der Waals surface area contributed by atoms with Crippen molar-refractivity contribution in [3.63, 3.8) is 0 Å². The Bertz CT molecular complexity index is 1540. The molecule has 7 rings (SSSR count). The van der Waals surface area contributed by atoms with Crippen LogP contribution in [0.15, 0.2) is 152 Å². The maximum Gasteiger partial charge on any atom is 0.261 e. The summed E-state index contributed by atoms with van der Waals surface area (Å²) in [6.07, 6.45) is -1.19. The van der Waals surface area contributed by atoms with Crippen molar-refractivity contribution in [3.8, 4) is 0 Å². The first-order valence-corrected chi connectivity index (χ1v) is 17.0. The van der Waals surface area contributed by atoms with Crippen LogP contribution in [0.4, 0.5) is 0 Å². The minimum Gasteiger partial charge on any atom is -0.341 e. The third-order valence-corrected chi connectivity index (χ3v) is 11.0. The molecule has 0 amide bonds. The molecule has 2 aliphatic heterocycles. The molecule has 0 saturated carbocycles. The molecule has 6 heteroatoms. The van der Waals surface area contributed by atoms with Crippen LogP contribution < -0.4 is 0 Å². The van der Waals surface area contributed by atoms with E-state index in [9.17, 15) is 0 Å². The summed E-state index contributed by atoms with van der Waals surface area (Å²) in [6, 6.07) is 52.2.